The molecule has 1 aromatic carbocycles. The molecule has 29 heavy (non-hydrogen) atoms. The molecule has 2 aromatic heterocycles. The zero-order chi connectivity index (χ0) is 21.1. The third-order valence-corrected chi connectivity index (χ3v) is 5.71. The van der Waals surface area contributed by atoms with Gasteiger partial charge in [0.15, 0.2) is 16.3 Å². The van der Waals surface area contributed by atoms with E-state index < -0.39 is 5.69 Å². The summed E-state index contributed by atoms with van der Waals surface area (Å²) in [6, 6.07) is 7.74. The second-order valence-electron chi connectivity index (χ2n) is 6.81. The maximum Gasteiger partial charge on any atom is 0.332 e. The molecule has 0 aliphatic rings. The van der Waals surface area contributed by atoms with Gasteiger partial charge in [0.05, 0.1) is 5.75 Å². The van der Waals surface area contributed by atoms with Crippen molar-refractivity contribution in [2.24, 2.45) is 14.1 Å². The molecule has 0 radical (unpaired) electrons. The highest BCUT2D eigenvalue weighted by Crippen LogP contribution is 2.22. The maximum atomic E-state index is 12.6. The molecule has 9 heteroatoms. The van der Waals surface area contributed by atoms with Crippen LogP contribution in [0.15, 0.2) is 39.0 Å². The molecule has 0 bridgehead atoms. The second-order valence-corrected chi connectivity index (χ2v) is 7.75. The maximum absolute atomic E-state index is 12.6. The van der Waals surface area contributed by atoms with Crippen molar-refractivity contribution in [2.45, 2.75) is 38.4 Å². The predicted molar refractivity (Wildman–Crippen MR) is 116 cm³/mol. The molecular weight excluding hydrogens is 390 g/mol. The van der Waals surface area contributed by atoms with E-state index in [0.29, 0.717) is 22.9 Å². The van der Waals surface area contributed by atoms with Gasteiger partial charge in [-0.25, -0.2) is 9.78 Å². The molecule has 0 unspecified atom stereocenters. The normalized spacial score (nSPS) is 11.2. The molecular formula is C20H25N5O3S. The van der Waals surface area contributed by atoms with Crippen LogP contribution in [0, 0.1) is 0 Å². The van der Waals surface area contributed by atoms with E-state index in [4.69, 9.17) is 0 Å². The van der Waals surface area contributed by atoms with Crippen LogP contribution in [0.3, 0.4) is 0 Å². The largest absolute Gasteiger partial charge is 0.332 e. The summed E-state index contributed by atoms with van der Waals surface area (Å²) in [5, 5.41) is 3.42. The number of amides is 1. The van der Waals surface area contributed by atoms with Gasteiger partial charge in [0.25, 0.3) is 5.56 Å². The van der Waals surface area contributed by atoms with Crippen LogP contribution in [0.2, 0.25) is 0 Å². The third-order valence-electron chi connectivity index (χ3n) is 4.74. The Hall–Kier alpha value is -2.81. The first-order chi connectivity index (χ1) is 13.9. The molecule has 0 saturated heterocycles. The third kappa shape index (κ3) is 4.14. The van der Waals surface area contributed by atoms with Gasteiger partial charge in [-0.1, -0.05) is 37.7 Å². The van der Waals surface area contributed by atoms with Crippen LogP contribution in [0.25, 0.3) is 11.2 Å². The fourth-order valence-electron chi connectivity index (χ4n) is 3.12. The Morgan fingerprint density at radius 3 is 2.41 bits per heavy atom. The van der Waals surface area contributed by atoms with Gasteiger partial charge >= 0.3 is 5.69 Å². The van der Waals surface area contributed by atoms with Gasteiger partial charge in [-0.15, -0.1) is 0 Å². The van der Waals surface area contributed by atoms with E-state index in [2.05, 4.69) is 17.2 Å². The number of thioether (sulfide) groups is 1. The number of imidazole rings is 1. The van der Waals surface area contributed by atoms with E-state index in [0.717, 1.165) is 23.1 Å². The van der Waals surface area contributed by atoms with E-state index in [1.54, 1.807) is 11.6 Å². The molecule has 3 rings (SSSR count). The van der Waals surface area contributed by atoms with Gasteiger partial charge in [-0.3, -0.25) is 18.7 Å². The van der Waals surface area contributed by atoms with Gasteiger partial charge in [0.1, 0.15) is 0 Å². The number of rotatable bonds is 7. The van der Waals surface area contributed by atoms with Gasteiger partial charge in [0.2, 0.25) is 5.91 Å². The van der Waals surface area contributed by atoms with Gasteiger partial charge < -0.3 is 9.88 Å². The summed E-state index contributed by atoms with van der Waals surface area (Å²) in [7, 11) is 3.05. The number of hydrogen-bond acceptors (Lipinski definition) is 5. The first-order valence-electron chi connectivity index (χ1n) is 9.55. The number of aromatic nitrogens is 4. The van der Waals surface area contributed by atoms with Crippen LogP contribution in [0.5, 0.6) is 0 Å². The average Bonchev–Trinajstić information content (AvgIpc) is 3.08. The van der Waals surface area contributed by atoms with E-state index in [-0.39, 0.29) is 17.2 Å². The fourth-order valence-corrected chi connectivity index (χ4v) is 3.94. The molecule has 2 heterocycles. The van der Waals surface area contributed by atoms with Crippen LogP contribution < -0.4 is 16.6 Å². The Morgan fingerprint density at radius 1 is 1.10 bits per heavy atom. The Labute approximate surface area is 172 Å². The number of anilines is 1. The summed E-state index contributed by atoms with van der Waals surface area (Å²) in [4.78, 5) is 41.7. The Balaban J connectivity index is 1.85. The second kappa shape index (κ2) is 8.69. The van der Waals surface area contributed by atoms with E-state index in [1.807, 2.05) is 31.2 Å². The monoisotopic (exact) mass is 415 g/mol. The number of carbonyl (C=O) groups excluding carboxylic acids is 1. The number of benzene rings is 1. The molecule has 154 valence electrons. The van der Waals surface area contributed by atoms with Crippen LogP contribution in [-0.2, 0) is 31.9 Å². The van der Waals surface area contributed by atoms with Crippen molar-refractivity contribution in [3.05, 3.63) is 50.7 Å². The van der Waals surface area contributed by atoms with Crippen LogP contribution in [0.1, 0.15) is 25.8 Å². The lowest BCUT2D eigenvalue weighted by Crippen LogP contribution is -2.37. The summed E-state index contributed by atoms with van der Waals surface area (Å²) >= 11 is 1.25. The number of nitrogens with zero attached hydrogens (tertiary/aromatic N) is 4. The predicted octanol–water partition coefficient (Wildman–Crippen LogP) is 2.14. The summed E-state index contributed by atoms with van der Waals surface area (Å²) in [6.45, 7) is 4.65. The zero-order valence-corrected chi connectivity index (χ0v) is 17.9. The fraction of sp³-hybridized carbons (Fsp3) is 0.400. The Morgan fingerprint density at radius 2 is 1.79 bits per heavy atom. The highest BCUT2D eigenvalue weighted by atomic mass is 32.2. The molecule has 1 amide bonds. The van der Waals surface area contributed by atoms with Crippen molar-refractivity contribution in [3.63, 3.8) is 0 Å². The summed E-state index contributed by atoms with van der Waals surface area (Å²) in [5.74, 6) is -0.00672. The van der Waals surface area contributed by atoms with Crippen molar-refractivity contribution >= 4 is 34.5 Å². The minimum Gasteiger partial charge on any atom is -0.325 e. The summed E-state index contributed by atoms with van der Waals surface area (Å²) in [5.41, 5.74) is 1.87. The van der Waals surface area contributed by atoms with Crippen molar-refractivity contribution in [1.82, 2.24) is 18.7 Å². The summed E-state index contributed by atoms with van der Waals surface area (Å²) < 4.78 is 4.24. The number of aryl methyl sites for hydroxylation is 3. The first kappa shape index (κ1) is 20.9. The summed E-state index contributed by atoms with van der Waals surface area (Å²) in [6.07, 6.45) is 1.74. The highest BCUT2D eigenvalue weighted by Gasteiger charge is 2.19. The molecule has 0 atom stereocenters. The van der Waals surface area contributed by atoms with Crippen LogP contribution >= 0.6 is 11.8 Å². The highest BCUT2D eigenvalue weighted by molar-refractivity contribution is 7.99. The molecule has 8 nitrogen and oxygen atoms in total. The van der Waals surface area contributed by atoms with Crippen molar-refractivity contribution < 1.29 is 4.79 Å². The number of nitrogens with one attached hydrogen (secondary N) is 1. The molecule has 0 spiro atoms. The molecule has 0 saturated carbocycles. The van der Waals surface area contributed by atoms with Crippen molar-refractivity contribution in [1.29, 1.82) is 0 Å². The first-order valence-corrected chi connectivity index (χ1v) is 10.5. The molecule has 3 aromatic rings. The molecule has 0 aliphatic carbocycles. The Bertz CT molecular complexity index is 1160. The van der Waals surface area contributed by atoms with Crippen molar-refractivity contribution in [3.8, 4) is 0 Å². The average molecular weight is 416 g/mol. The minimum atomic E-state index is -0.423. The van der Waals surface area contributed by atoms with E-state index in [9.17, 15) is 14.4 Å². The van der Waals surface area contributed by atoms with Gasteiger partial charge in [0, 0.05) is 26.3 Å². The van der Waals surface area contributed by atoms with Crippen molar-refractivity contribution in [2.75, 3.05) is 11.1 Å². The number of carbonyl (C=O) groups is 1. The lowest BCUT2D eigenvalue weighted by atomic mass is 10.1. The van der Waals surface area contributed by atoms with Gasteiger partial charge in [-0.05, 0) is 30.5 Å². The van der Waals surface area contributed by atoms with Crippen LogP contribution in [-0.4, -0.2) is 30.3 Å². The molecule has 0 aliphatic heterocycles. The van der Waals surface area contributed by atoms with Crippen LogP contribution in [0.4, 0.5) is 5.69 Å². The molecule has 1 N–H and O–H groups in total. The zero-order valence-electron chi connectivity index (χ0n) is 17.1. The van der Waals surface area contributed by atoms with E-state index in [1.165, 1.54) is 28.9 Å². The number of fused-ring (bicyclic) bond motifs is 1. The minimum absolute atomic E-state index is 0.150. The Kier molecular flexibility index (Phi) is 6.26. The van der Waals surface area contributed by atoms with Gasteiger partial charge in [-0.2, -0.15) is 0 Å². The lowest BCUT2D eigenvalue weighted by Gasteiger charge is -2.08. The quantitative estimate of drug-likeness (QED) is 0.597. The molecule has 0 fully saturated rings. The topological polar surface area (TPSA) is 90.9 Å². The van der Waals surface area contributed by atoms with E-state index >= 15 is 0 Å². The SMILES string of the molecule is CCCn1c(SCC(=O)Nc2ccc(CC)cc2)nc2c1c(=O)n(C)c(=O)n2C. The number of hydrogen-bond donors (Lipinski definition) is 1. The standard InChI is InChI=1S/C20H25N5O3S/c1-5-11-25-16-17(23(3)20(28)24(4)18(16)27)22-19(25)29-12-15(26)21-14-9-7-13(6-2)8-10-14/h7-10H,5-6,11-12H2,1-4H3,(H,21,26). The smallest absolute Gasteiger partial charge is 0.325 e. The lowest BCUT2D eigenvalue weighted by molar-refractivity contribution is -0.113.